The van der Waals surface area contributed by atoms with Gasteiger partial charge in [0.15, 0.2) is 0 Å². The molecule has 0 heterocycles. The third-order valence-electron chi connectivity index (χ3n) is 6.19. The monoisotopic (exact) mass is 410 g/mol. The van der Waals surface area contributed by atoms with E-state index in [0.29, 0.717) is 5.78 Å². The molecule has 29 heavy (non-hydrogen) atoms. The van der Waals surface area contributed by atoms with E-state index in [1.165, 1.54) is 32.1 Å². The second-order valence-corrected chi connectivity index (χ2v) is 12.9. The highest BCUT2D eigenvalue weighted by Gasteiger charge is 2.49. The van der Waals surface area contributed by atoms with Gasteiger partial charge in [0.05, 0.1) is 0 Å². The van der Waals surface area contributed by atoms with Crippen molar-refractivity contribution in [3.05, 3.63) is 60.7 Å². The third-order valence-corrected chi connectivity index (χ3v) is 10.7. The molecular weight excluding hydrogens is 372 g/mol. The van der Waals surface area contributed by atoms with Gasteiger partial charge in [0.1, 0.15) is 5.78 Å². The molecule has 0 aliphatic rings. The summed E-state index contributed by atoms with van der Waals surface area (Å²) in [5.74, 6) is 0.306. The molecule has 0 fully saturated rings. The SMILES string of the molecule is CC(=O)CCCCCCCCCC(C)(C)[Si](O)(c1ccccc1)c1ccccc1. The quantitative estimate of drug-likeness (QED) is 0.344. The smallest absolute Gasteiger partial charge is 0.258 e. The average Bonchev–Trinajstić information content (AvgIpc) is 2.72. The molecule has 158 valence electrons. The number of unbranched alkanes of at least 4 members (excludes halogenated alkanes) is 6. The van der Waals surface area contributed by atoms with Crippen LogP contribution >= 0.6 is 0 Å². The number of hydrogen-bond acceptors (Lipinski definition) is 2. The number of ketones is 1. The van der Waals surface area contributed by atoms with E-state index < -0.39 is 8.32 Å². The number of carbonyl (C=O) groups excluding carboxylic acids is 1. The van der Waals surface area contributed by atoms with Crippen molar-refractivity contribution in [2.75, 3.05) is 0 Å². The Morgan fingerprint density at radius 1 is 0.759 bits per heavy atom. The van der Waals surface area contributed by atoms with E-state index in [4.69, 9.17) is 0 Å². The second-order valence-electron chi connectivity index (χ2n) is 9.00. The first-order valence-corrected chi connectivity index (χ1v) is 13.2. The Balaban J connectivity index is 1.93. The van der Waals surface area contributed by atoms with Crippen LogP contribution in [0.4, 0.5) is 0 Å². The number of rotatable bonds is 13. The minimum Gasteiger partial charge on any atom is -0.424 e. The molecule has 2 aromatic carbocycles. The lowest BCUT2D eigenvalue weighted by atomic mass is 10.0. The Morgan fingerprint density at radius 2 is 1.17 bits per heavy atom. The molecule has 2 nitrogen and oxygen atoms in total. The number of hydrogen-bond donors (Lipinski definition) is 1. The molecule has 2 aromatic rings. The summed E-state index contributed by atoms with van der Waals surface area (Å²) in [4.78, 5) is 23.1. The fourth-order valence-corrected chi connectivity index (χ4v) is 8.10. The molecule has 0 amide bonds. The minimum atomic E-state index is -2.86. The molecular formula is C26H38O2Si. The molecule has 0 spiro atoms. The van der Waals surface area contributed by atoms with E-state index >= 15 is 0 Å². The zero-order valence-corrected chi connectivity index (χ0v) is 19.5. The maximum atomic E-state index is 12.1. The Morgan fingerprint density at radius 3 is 1.62 bits per heavy atom. The molecule has 2 rings (SSSR count). The Hall–Kier alpha value is -1.71. The summed E-state index contributed by atoms with van der Waals surface area (Å²) >= 11 is 0. The average molecular weight is 411 g/mol. The molecule has 3 heteroatoms. The van der Waals surface area contributed by atoms with Gasteiger partial charge in [0.2, 0.25) is 0 Å². The summed E-state index contributed by atoms with van der Waals surface area (Å²) in [6, 6.07) is 20.6. The van der Waals surface area contributed by atoms with Gasteiger partial charge in [-0.2, -0.15) is 0 Å². The van der Waals surface area contributed by atoms with Crippen LogP contribution in [0.15, 0.2) is 60.7 Å². The first kappa shape index (κ1) is 23.6. The van der Waals surface area contributed by atoms with Crippen molar-refractivity contribution in [3.63, 3.8) is 0 Å². The predicted molar refractivity (Wildman–Crippen MR) is 126 cm³/mol. The molecule has 0 bridgehead atoms. The molecule has 0 saturated carbocycles. The van der Waals surface area contributed by atoms with Crippen molar-refractivity contribution >= 4 is 24.5 Å². The lowest BCUT2D eigenvalue weighted by Gasteiger charge is -2.41. The minimum absolute atomic E-state index is 0.142. The highest BCUT2D eigenvalue weighted by atomic mass is 28.4. The van der Waals surface area contributed by atoms with Gasteiger partial charge in [0, 0.05) is 6.42 Å². The predicted octanol–water partition coefficient (Wildman–Crippen LogP) is 5.62. The van der Waals surface area contributed by atoms with Crippen LogP contribution in [0, 0.1) is 0 Å². The van der Waals surface area contributed by atoms with E-state index in [1.54, 1.807) is 6.92 Å². The first-order chi connectivity index (χ1) is 13.9. The fraction of sp³-hybridized carbons (Fsp3) is 0.500. The summed E-state index contributed by atoms with van der Waals surface area (Å²) < 4.78 is 0. The van der Waals surface area contributed by atoms with Crippen molar-refractivity contribution in [3.8, 4) is 0 Å². The molecule has 0 aliphatic heterocycles. The summed E-state index contributed by atoms with van der Waals surface area (Å²) in [5.41, 5.74) is 0. The molecule has 0 atom stereocenters. The highest BCUT2D eigenvalue weighted by molar-refractivity contribution is 6.98. The Labute approximate surface area is 178 Å². The lowest BCUT2D eigenvalue weighted by molar-refractivity contribution is -0.117. The Kier molecular flexibility index (Phi) is 9.32. The molecule has 1 N–H and O–H groups in total. The molecule has 0 aromatic heterocycles. The summed E-state index contributed by atoms with van der Waals surface area (Å²) in [5, 5.41) is 2.06. The van der Waals surface area contributed by atoms with E-state index in [1.807, 2.05) is 36.4 Å². The van der Waals surface area contributed by atoms with E-state index in [-0.39, 0.29) is 5.04 Å². The molecule has 0 radical (unpaired) electrons. The van der Waals surface area contributed by atoms with Crippen LogP contribution in [-0.2, 0) is 4.79 Å². The van der Waals surface area contributed by atoms with Gasteiger partial charge in [-0.3, -0.25) is 0 Å². The van der Waals surface area contributed by atoms with Crippen molar-refractivity contribution in [1.29, 1.82) is 0 Å². The van der Waals surface area contributed by atoms with Gasteiger partial charge in [-0.15, -0.1) is 0 Å². The largest absolute Gasteiger partial charge is 0.424 e. The van der Waals surface area contributed by atoms with Crippen LogP contribution in [0.25, 0.3) is 0 Å². The van der Waals surface area contributed by atoms with Gasteiger partial charge < -0.3 is 9.59 Å². The van der Waals surface area contributed by atoms with Crippen LogP contribution in [0.1, 0.15) is 78.6 Å². The maximum Gasteiger partial charge on any atom is 0.258 e. The lowest BCUT2D eigenvalue weighted by Crippen LogP contribution is -2.65. The summed E-state index contributed by atoms with van der Waals surface area (Å²) in [7, 11) is -2.86. The number of Topliss-reactive ketones (excluding diaryl/α,β-unsaturated/α-hetero) is 1. The van der Waals surface area contributed by atoms with Crippen molar-refractivity contribution < 1.29 is 9.59 Å². The summed E-state index contributed by atoms with van der Waals surface area (Å²) in [6.07, 6.45) is 10.0. The third kappa shape index (κ3) is 6.65. The van der Waals surface area contributed by atoms with Crippen LogP contribution in [0.5, 0.6) is 0 Å². The fourth-order valence-electron chi connectivity index (χ4n) is 4.31. The normalized spacial score (nSPS) is 12.1. The van der Waals surface area contributed by atoms with Crippen molar-refractivity contribution in [2.45, 2.75) is 83.6 Å². The van der Waals surface area contributed by atoms with Gasteiger partial charge in [0.25, 0.3) is 8.32 Å². The zero-order chi connectivity index (χ0) is 21.2. The maximum absolute atomic E-state index is 12.1. The van der Waals surface area contributed by atoms with Gasteiger partial charge in [-0.05, 0) is 35.2 Å². The van der Waals surface area contributed by atoms with Gasteiger partial charge >= 0.3 is 0 Å². The van der Waals surface area contributed by atoms with Gasteiger partial charge in [-0.25, -0.2) is 0 Å². The zero-order valence-electron chi connectivity index (χ0n) is 18.5. The van der Waals surface area contributed by atoms with E-state index in [2.05, 4.69) is 38.1 Å². The van der Waals surface area contributed by atoms with Crippen LogP contribution in [0.3, 0.4) is 0 Å². The topological polar surface area (TPSA) is 37.3 Å². The molecule has 0 unspecified atom stereocenters. The highest BCUT2D eigenvalue weighted by Crippen LogP contribution is 2.40. The van der Waals surface area contributed by atoms with E-state index in [9.17, 15) is 9.59 Å². The van der Waals surface area contributed by atoms with Crippen molar-refractivity contribution in [2.24, 2.45) is 0 Å². The first-order valence-electron chi connectivity index (χ1n) is 11.2. The van der Waals surface area contributed by atoms with Crippen LogP contribution in [0.2, 0.25) is 5.04 Å². The van der Waals surface area contributed by atoms with Crippen LogP contribution < -0.4 is 10.4 Å². The Bertz CT molecular complexity index is 685. The standard InChI is InChI=1S/C26H38O2Si/c1-23(27)17-11-7-5-4-6-8-16-22-26(2,3)29(28,24-18-12-9-13-19-24)25-20-14-10-15-21-25/h9-10,12-15,18-21,28H,4-8,11,16-17,22H2,1-3H3. The molecule has 0 saturated heterocycles. The number of carbonyl (C=O) groups is 1. The second kappa shape index (κ2) is 11.5. The molecule has 0 aliphatic carbocycles. The summed E-state index contributed by atoms with van der Waals surface area (Å²) in [6.45, 7) is 6.18. The van der Waals surface area contributed by atoms with Gasteiger partial charge in [-0.1, -0.05) is 113 Å². The number of benzene rings is 2. The van der Waals surface area contributed by atoms with Crippen molar-refractivity contribution in [1.82, 2.24) is 0 Å². The van der Waals surface area contributed by atoms with Crippen LogP contribution in [-0.4, -0.2) is 18.9 Å². The van der Waals surface area contributed by atoms with E-state index in [0.717, 1.165) is 36.1 Å².